The van der Waals surface area contributed by atoms with Gasteiger partial charge in [-0.05, 0) is 86.3 Å². The summed E-state index contributed by atoms with van der Waals surface area (Å²) >= 11 is 0. The minimum atomic E-state index is -0.868. The van der Waals surface area contributed by atoms with E-state index < -0.39 is 6.10 Å². The molecule has 4 heteroatoms. The van der Waals surface area contributed by atoms with Crippen LogP contribution in [0.15, 0.2) is 97.1 Å². The van der Waals surface area contributed by atoms with Crippen molar-refractivity contribution >= 4 is 17.1 Å². The highest BCUT2D eigenvalue weighted by atomic mass is 16.5. The number of ether oxygens (including phenoxy) is 1. The zero-order chi connectivity index (χ0) is 27.2. The summed E-state index contributed by atoms with van der Waals surface area (Å²) in [6, 6.07) is 34.9. The Morgan fingerprint density at radius 2 is 1.10 bits per heavy atom. The summed E-state index contributed by atoms with van der Waals surface area (Å²) in [5.74, 6) is 0.708. The second-order valence-electron chi connectivity index (χ2n) is 10.9. The highest BCUT2D eigenvalue weighted by Gasteiger charge is 2.35. The molecule has 4 nitrogen and oxygen atoms in total. The van der Waals surface area contributed by atoms with Gasteiger partial charge < -0.3 is 19.8 Å². The Morgan fingerprint density at radius 1 is 0.667 bits per heavy atom. The molecule has 0 saturated heterocycles. The van der Waals surface area contributed by atoms with E-state index in [1.807, 2.05) is 12.1 Å². The molecule has 2 N–H and O–H groups in total. The second-order valence-corrected chi connectivity index (χ2v) is 10.9. The second kappa shape index (κ2) is 12.1. The summed E-state index contributed by atoms with van der Waals surface area (Å²) in [4.78, 5) is 2.32. The van der Waals surface area contributed by atoms with Gasteiger partial charge in [-0.15, -0.1) is 0 Å². The Morgan fingerprint density at radius 3 is 1.56 bits per heavy atom. The lowest BCUT2D eigenvalue weighted by atomic mass is 9.65. The number of aliphatic hydroxyl groups excluding tert-OH is 2. The van der Waals surface area contributed by atoms with E-state index in [2.05, 4.69) is 104 Å². The number of hydrogen-bond acceptors (Lipinski definition) is 4. The normalized spacial score (nSPS) is 15.5. The van der Waals surface area contributed by atoms with Crippen molar-refractivity contribution in [1.82, 2.24) is 0 Å². The van der Waals surface area contributed by atoms with Crippen LogP contribution in [0.25, 0.3) is 0 Å². The van der Waals surface area contributed by atoms with Crippen LogP contribution in [0.1, 0.15) is 54.4 Å². The van der Waals surface area contributed by atoms with E-state index in [-0.39, 0.29) is 18.6 Å². The maximum Gasteiger partial charge on any atom is 0.119 e. The van der Waals surface area contributed by atoms with E-state index in [0.29, 0.717) is 5.75 Å². The summed E-state index contributed by atoms with van der Waals surface area (Å²) in [6.07, 6.45) is 5.06. The van der Waals surface area contributed by atoms with E-state index in [4.69, 9.17) is 9.84 Å². The van der Waals surface area contributed by atoms with Crippen LogP contribution < -0.4 is 9.64 Å². The molecule has 0 aromatic heterocycles. The molecule has 39 heavy (non-hydrogen) atoms. The van der Waals surface area contributed by atoms with Gasteiger partial charge in [0.2, 0.25) is 0 Å². The Labute approximate surface area is 232 Å². The molecule has 0 aliphatic heterocycles. The Bertz CT molecular complexity index is 1280. The Kier molecular flexibility index (Phi) is 8.35. The highest BCUT2D eigenvalue weighted by molar-refractivity contribution is 5.76. The third-order valence-electron chi connectivity index (χ3n) is 8.03. The molecule has 4 aromatic carbocycles. The number of aryl methyl sites for hydroxylation is 2. The van der Waals surface area contributed by atoms with Crippen molar-refractivity contribution in [2.75, 3.05) is 18.1 Å². The van der Waals surface area contributed by atoms with E-state index >= 15 is 0 Å². The number of rotatable bonds is 9. The Balaban J connectivity index is 1.47. The van der Waals surface area contributed by atoms with Crippen LogP contribution in [0.5, 0.6) is 5.75 Å². The van der Waals surface area contributed by atoms with Crippen LogP contribution in [0, 0.1) is 13.8 Å². The fourth-order valence-corrected chi connectivity index (χ4v) is 5.78. The van der Waals surface area contributed by atoms with Crippen LogP contribution in [0.3, 0.4) is 0 Å². The summed E-state index contributed by atoms with van der Waals surface area (Å²) in [7, 11) is 0. The van der Waals surface area contributed by atoms with Gasteiger partial charge in [0.15, 0.2) is 0 Å². The maximum absolute atomic E-state index is 9.62. The van der Waals surface area contributed by atoms with E-state index in [9.17, 15) is 5.11 Å². The molecule has 1 fully saturated rings. The molecule has 0 bridgehead atoms. The monoisotopic (exact) mass is 521 g/mol. The first-order valence-corrected chi connectivity index (χ1v) is 14.0. The fourth-order valence-electron chi connectivity index (χ4n) is 5.78. The maximum atomic E-state index is 9.62. The van der Waals surface area contributed by atoms with Gasteiger partial charge in [0.1, 0.15) is 18.5 Å². The van der Waals surface area contributed by atoms with Gasteiger partial charge in [0, 0.05) is 22.5 Å². The molecule has 0 spiro atoms. The van der Waals surface area contributed by atoms with Gasteiger partial charge in [-0.1, -0.05) is 78.9 Å². The smallest absolute Gasteiger partial charge is 0.119 e. The molecule has 1 aliphatic carbocycles. The minimum absolute atomic E-state index is 0.0293. The lowest BCUT2D eigenvalue weighted by Crippen LogP contribution is -2.30. The molecule has 1 unspecified atom stereocenters. The van der Waals surface area contributed by atoms with Gasteiger partial charge in [-0.25, -0.2) is 0 Å². The quantitative estimate of drug-likeness (QED) is 0.236. The van der Waals surface area contributed by atoms with Crippen molar-refractivity contribution < 1.29 is 14.9 Å². The third-order valence-corrected chi connectivity index (χ3v) is 8.03. The zero-order valence-corrected chi connectivity index (χ0v) is 23.0. The van der Waals surface area contributed by atoms with E-state index in [0.717, 1.165) is 29.9 Å². The summed E-state index contributed by atoms with van der Waals surface area (Å²) < 4.78 is 5.66. The molecule has 5 rings (SSSR count). The number of benzene rings is 4. The largest absolute Gasteiger partial charge is 0.491 e. The number of hydrogen-bond donors (Lipinski definition) is 2. The Hall–Kier alpha value is -3.60. The summed E-state index contributed by atoms with van der Waals surface area (Å²) in [6.45, 7) is 4.02. The molecular formula is C35H39NO3. The molecule has 0 heterocycles. The topological polar surface area (TPSA) is 52.9 Å². The van der Waals surface area contributed by atoms with Crippen molar-refractivity contribution in [3.05, 3.63) is 119 Å². The van der Waals surface area contributed by atoms with E-state index in [1.54, 1.807) is 0 Å². The molecule has 1 atom stereocenters. The molecule has 202 valence electrons. The fraction of sp³-hybridized carbons (Fsp3) is 0.314. The van der Waals surface area contributed by atoms with Crippen molar-refractivity contribution in [2.45, 2.75) is 57.5 Å². The summed E-state index contributed by atoms with van der Waals surface area (Å²) in [5.41, 5.74) is 8.55. The van der Waals surface area contributed by atoms with Gasteiger partial charge in [0.25, 0.3) is 0 Å². The SMILES string of the molecule is Cc1ccc(N(c2ccc(C)cc2)c2ccc(C3(c4ccc(OCC(O)CO)cc4)CCCCC3)cc2)cc1. The molecule has 1 aliphatic rings. The third kappa shape index (κ3) is 6.03. The number of anilines is 3. The highest BCUT2D eigenvalue weighted by Crippen LogP contribution is 2.46. The average molecular weight is 522 g/mol. The lowest BCUT2D eigenvalue weighted by molar-refractivity contribution is 0.0536. The minimum Gasteiger partial charge on any atom is -0.491 e. The van der Waals surface area contributed by atoms with E-state index in [1.165, 1.54) is 41.5 Å². The number of aliphatic hydroxyl groups is 2. The van der Waals surface area contributed by atoms with Gasteiger partial charge in [-0.3, -0.25) is 0 Å². The molecule has 1 saturated carbocycles. The summed E-state index contributed by atoms with van der Waals surface area (Å²) in [5, 5.41) is 18.7. The van der Waals surface area contributed by atoms with Crippen LogP contribution >= 0.6 is 0 Å². The van der Waals surface area contributed by atoms with Gasteiger partial charge in [0.05, 0.1) is 6.61 Å². The molecule has 0 amide bonds. The molecule has 0 radical (unpaired) electrons. The lowest BCUT2D eigenvalue weighted by Gasteiger charge is -2.39. The average Bonchev–Trinajstić information content (AvgIpc) is 2.99. The number of nitrogens with zero attached hydrogens (tertiary/aromatic N) is 1. The standard InChI is InChI=1S/C35H39NO3/c1-26-6-14-30(15-7-26)36(31-16-8-27(2)9-17-31)32-18-10-28(11-19-32)35(22-4-3-5-23-35)29-12-20-34(21-13-29)39-25-33(38)24-37/h6-21,33,37-38H,3-5,22-25H2,1-2H3. The first-order chi connectivity index (χ1) is 19.0. The van der Waals surface area contributed by atoms with Crippen LogP contribution in [-0.4, -0.2) is 29.5 Å². The van der Waals surface area contributed by atoms with Crippen molar-refractivity contribution in [2.24, 2.45) is 0 Å². The molecular weight excluding hydrogens is 482 g/mol. The first kappa shape index (κ1) is 27.0. The predicted octanol–water partition coefficient (Wildman–Crippen LogP) is 7.76. The van der Waals surface area contributed by atoms with Crippen molar-refractivity contribution in [3.8, 4) is 5.75 Å². The van der Waals surface area contributed by atoms with Crippen molar-refractivity contribution in [3.63, 3.8) is 0 Å². The van der Waals surface area contributed by atoms with Gasteiger partial charge >= 0.3 is 0 Å². The van der Waals surface area contributed by atoms with Gasteiger partial charge in [-0.2, -0.15) is 0 Å². The van der Waals surface area contributed by atoms with Crippen LogP contribution in [0.2, 0.25) is 0 Å². The van der Waals surface area contributed by atoms with Crippen molar-refractivity contribution in [1.29, 1.82) is 0 Å². The van der Waals surface area contributed by atoms with Crippen LogP contribution in [0.4, 0.5) is 17.1 Å². The zero-order valence-electron chi connectivity index (χ0n) is 23.0. The predicted molar refractivity (Wildman–Crippen MR) is 159 cm³/mol. The molecule has 4 aromatic rings. The first-order valence-electron chi connectivity index (χ1n) is 14.0. The van der Waals surface area contributed by atoms with Crippen LogP contribution in [-0.2, 0) is 5.41 Å².